The second kappa shape index (κ2) is 5.28. The zero-order chi connectivity index (χ0) is 7.98. The van der Waals surface area contributed by atoms with Crippen LogP contribution < -0.4 is 0 Å². The van der Waals surface area contributed by atoms with Crippen LogP contribution in [-0.4, -0.2) is 0 Å². The van der Waals surface area contributed by atoms with Crippen molar-refractivity contribution in [1.82, 2.24) is 0 Å². The molecule has 0 heteroatoms. The molecule has 0 aliphatic carbocycles. The molecule has 0 atom stereocenters. The summed E-state index contributed by atoms with van der Waals surface area (Å²) in [5.74, 6) is 1.44. The van der Waals surface area contributed by atoms with E-state index in [1.54, 1.807) is 0 Å². The van der Waals surface area contributed by atoms with E-state index >= 15 is 0 Å². The third-order valence-corrected chi connectivity index (χ3v) is 1.74. The van der Waals surface area contributed by atoms with Crippen LogP contribution in [0.3, 0.4) is 0 Å². The first-order chi connectivity index (χ1) is 4.76. The predicted octanol–water partition coefficient (Wildman–Crippen LogP) is 3.51. The van der Waals surface area contributed by atoms with Gasteiger partial charge in [-0.1, -0.05) is 32.1 Å². The summed E-state index contributed by atoms with van der Waals surface area (Å²) in [6.07, 6.45) is 5.12. The molecule has 1 radical (unpaired) electrons. The SMILES string of the molecule is C=CC[C](CC)C(=C)CC. The summed E-state index contributed by atoms with van der Waals surface area (Å²) < 4.78 is 0. The van der Waals surface area contributed by atoms with Crippen molar-refractivity contribution in [3.8, 4) is 0 Å². The topological polar surface area (TPSA) is 0 Å². The zero-order valence-corrected chi connectivity index (χ0v) is 7.11. The van der Waals surface area contributed by atoms with E-state index in [-0.39, 0.29) is 0 Å². The van der Waals surface area contributed by atoms with Crippen LogP contribution in [0.4, 0.5) is 0 Å². The number of hydrogen-bond acceptors (Lipinski definition) is 0. The molecule has 0 spiro atoms. The van der Waals surface area contributed by atoms with Gasteiger partial charge in [0.25, 0.3) is 0 Å². The second-order valence-electron chi connectivity index (χ2n) is 2.41. The molecule has 0 saturated carbocycles. The van der Waals surface area contributed by atoms with E-state index in [1.165, 1.54) is 11.5 Å². The average molecular weight is 137 g/mol. The Morgan fingerprint density at radius 1 is 1.30 bits per heavy atom. The van der Waals surface area contributed by atoms with E-state index in [1.807, 2.05) is 6.08 Å². The van der Waals surface area contributed by atoms with Crippen LogP contribution in [-0.2, 0) is 0 Å². The Morgan fingerprint density at radius 2 is 1.90 bits per heavy atom. The van der Waals surface area contributed by atoms with Crippen molar-refractivity contribution in [3.63, 3.8) is 0 Å². The van der Waals surface area contributed by atoms with Crippen LogP contribution in [0.15, 0.2) is 24.8 Å². The largest absolute Gasteiger partial charge is 0.103 e. The molecular formula is C10H17. The fourth-order valence-corrected chi connectivity index (χ4v) is 0.963. The highest BCUT2D eigenvalue weighted by Gasteiger charge is 2.06. The molecule has 0 rings (SSSR count). The monoisotopic (exact) mass is 137 g/mol. The molecule has 0 aliphatic rings. The Labute approximate surface area is 64.6 Å². The van der Waals surface area contributed by atoms with Gasteiger partial charge in [0, 0.05) is 5.92 Å². The highest BCUT2D eigenvalue weighted by atomic mass is 14.1. The number of allylic oxidation sites excluding steroid dienone is 2. The number of rotatable bonds is 5. The number of hydrogen-bond donors (Lipinski definition) is 0. The second-order valence-corrected chi connectivity index (χ2v) is 2.41. The third kappa shape index (κ3) is 2.86. The van der Waals surface area contributed by atoms with Gasteiger partial charge in [-0.2, -0.15) is 0 Å². The van der Waals surface area contributed by atoms with Crippen molar-refractivity contribution in [2.24, 2.45) is 0 Å². The summed E-state index contributed by atoms with van der Waals surface area (Å²) in [5, 5.41) is 0. The average Bonchev–Trinajstić information content (AvgIpc) is 1.99. The Kier molecular flexibility index (Phi) is 5.00. The third-order valence-electron chi connectivity index (χ3n) is 1.74. The van der Waals surface area contributed by atoms with Gasteiger partial charge in [0.15, 0.2) is 0 Å². The summed E-state index contributed by atoms with van der Waals surface area (Å²) in [5.41, 5.74) is 1.28. The Balaban J connectivity index is 3.79. The van der Waals surface area contributed by atoms with Crippen LogP contribution in [0, 0.1) is 5.92 Å². The molecule has 0 aromatic carbocycles. The first kappa shape index (κ1) is 9.48. The highest BCUT2D eigenvalue weighted by Crippen LogP contribution is 2.22. The van der Waals surface area contributed by atoms with Gasteiger partial charge in [-0.3, -0.25) is 0 Å². The lowest BCUT2D eigenvalue weighted by atomic mass is 9.93. The van der Waals surface area contributed by atoms with Gasteiger partial charge in [0.05, 0.1) is 0 Å². The lowest BCUT2D eigenvalue weighted by molar-refractivity contribution is 0.846. The summed E-state index contributed by atoms with van der Waals surface area (Å²) >= 11 is 0. The maximum absolute atomic E-state index is 3.98. The molecule has 0 aromatic heterocycles. The highest BCUT2D eigenvalue weighted by molar-refractivity contribution is 5.21. The minimum Gasteiger partial charge on any atom is -0.103 e. The molecule has 0 aliphatic heterocycles. The lowest BCUT2D eigenvalue weighted by Gasteiger charge is -2.12. The molecule has 0 nitrogen and oxygen atoms in total. The Hall–Kier alpha value is -0.520. The minimum atomic E-state index is 1.00. The standard InChI is InChI=1S/C10H17/c1-5-8-10(7-3)9(4)6-2/h5H,1,4,6-8H2,2-3H3. The van der Waals surface area contributed by atoms with Gasteiger partial charge in [0.2, 0.25) is 0 Å². The quantitative estimate of drug-likeness (QED) is 0.509. The van der Waals surface area contributed by atoms with Crippen LogP contribution in [0.1, 0.15) is 33.1 Å². The Morgan fingerprint density at radius 3 is 2.20 bits per heavy atom. The molecule has 0 saturated heterocycles. The fraction of sp³-hybridized carbons (Fsp3) is 0.500. The van der Waals surface area contributed by atoms with Crippen molar-refractivity contribution in [2.75, 3.05) is 0 Å². The van der Waals surface area contributed by atoms with Crippen LogP contribution >= 0.6 is 0 Å². The molecule has 0 amide bonds. The van der Waals surface area contributed by atoms with E-state index in [4.69, 9.17) is 0 Å². The molecule has 0 aromatic rings. The zero-order valence-electron chi connectivity index (χ0n) is 7.11. The van der Waals surface area contributed by atoms with Crippen molar-refractivity contribution >= 4 is 0 Å². The van der Waals surface area contributed by atoms with Gasteiger partial charge in [-0.25, -0.2) is 0 Å². The molecular weight excluding hydrogens is 120 g/mol. The molecule has 57 valence electrons. The maximum atomic E-state index is 3.98. The minimum absolute atomic E-state index is 1.00. The summed E-state index contributed by atoms with van der Waals surface area (Å²) in [6.45, 7) is 12.0. The van der Waals surface area contributed by atoms with Crippen molar-refractivity contribution < 1.29 is 0 Å². The van der Waals surface area contributed by atoms with Crippen molar-refractivity contribution in [2.45, 2.75) is 33.1 Å². The van der Waals surface area contributed by atoms with Crippen LogP contribution in [0.2, 0.25) is 0 Å². The summed E-state index contributed by atoms with van der Waals surface area (Å²) in [6, 6.07) is 0. The first-order valence-electron chi connectivity index (χ1n) is 3.89. The van der Waals surface area contributed by atoms with E-state index in [9.17, 15) is 0 Å². The normalized spacial score (nSPS) is 9.90. The van der Waals surface area contributed by atoms with E-state index in [0.717, 1.165) is 19.3 Å². The van der Waals surface area contributed by atoms with E-state index in [2.05, 4.69) is 27.0 Å². The van der Waals surface area contributed by atoms with E-state index in [0.29, 0.717) is 0 Å². The predicted molar refractivity (Wildman–Crippen MR) is 47.8 cm³/mol. The van der Waals surface area contributed by atoms with Gasteiger partial charge in [-0.15, -0.1) is 6.58 Å². The summed E-state index contributed by atoms with van der Waals surface area (Å²) in [4.78, 5) is 0. The van der Waals surface area contributed by atoms with Gasteiger partial charge in [-0.05, 0) is 19.3 Å². The molecule has 10 heavy (non-hydrogen) atoms. The van der Waals surface area contributed by atoms with Crippen LogP contribution in [0.25, 0.3) is 0 Å². The summed E-state index contributed by atoms with van der Waals surface area (Å²) in [7, 11) is 0. The Bertz CT molecular complexity index is 111. The first-order valence-corrected chi connectivity index (χ1v) is 3.89. The molecule has 0 fully saturated rings. The molecule has 0 unspecified atom stereocenters. The maximum Gasteiger partial charge on any atom is 0.00371 e. The van der Waals surface area contributed by atoms with Crippen molar-refractivity contribution in [1.29, 1.82) is 0 Å². The van der Waals surface area contributed by atoms with Gasteiger partial charge in [0.1, 0.15) is 0 Å². The lowest BCUT2D eigenvalue weighted by Crippen LogP contribution is -1.96. The van der Waals surface area contributed by atoms with Crippen LogP contribution in [0.5, 0.6) is 0 Å². The van der Waals surface area contributed by atoms with Gasteiger partial charge < -0.3 is 0 Å². The molecule has 0 bridgehead atoms. The molecule has 0 N–H and O–H groups in total. The van der Waals surface area contributed by atoms with Gasteiger partial charge >= 0.3 is 0 Å². The molecule has 0 heterocycles. The smallest absolute Gasteiger partial charge is 0.00371 e. The fourth-order valence-electron chi connectivity index (χ4n) is 0.963. The van der Waals surface area contributed by atoms with E-state index < -0.39 is 0 Å². The van der Waals surface area contributed by atoms with Crippen molar-refractivity contribution in [3.05, 3.63) is 30.7 Å².